The standard InChI is InChI=1S/C11H14N2O5S/c1-2-12-19(17,18)9-6-4-3-5-8(9)13-10(14)7-11(15)16/h3-6,12H,2,7H2,1H3,(H,13,14)(H,15,16). The highest BCUT2D eigenvalue weighted by molar-refractivity contribution is 7.89. The van der Waals surface area contributed by atoms with Crippen molar-refractivity contribution in [1.29, 1.82) is 0 Å². The van der Waals surface area contributed by atoms with E-state index in [2.05, 4.69) is 10.0 Å². The molecule has 0 aliphatic heterocycles. The lowest BCUT2D eigenvalue weighted by Gasteiger charge is -2.11. The van der Waals surface area contributed by atoms with Crippen molar-refractivity contribution >= 4 is 27.6 Å². The zero-order chi connectivity index (χ0) is 14.5. The molecule has 7 nitrogen and oxygen atoms in total. The minimum absolute atomic E-state index is 0.0506. The molecule has 1 aromatic rings. The van der Waals surface area contributed by atoms with Crippen LogP contribution in [-0.2, 0) is 19.6 Å². The Bertz CT molecular complexity index is 583. The van der Waals surface area contributed by atoms with E-state index >= 15 is 0 Å². The van der Waals surface area contributed by atoms with E-state index in [9.17, 15) is 18.0 Å². The Morgan fingerprint density at radius 1 is 1.26 bits per heavy atom. The molecule has 0 unspecified atom stereocenters. The van der Waals surface area contributed by atoms with Crippen molar-refractivity contribution in [2.75, 3.05) is 11.9 Å². The van der Waals surface area contributed by atoms with Gasteiger partial charge in [0, 0.05) is 6.54 Å². The molecule has 0 aromatic heterocycles. The number of amides is 1. The van der Waals surface area contributed by atoms with Crippen LogP contribution in [0.4, 0.5) is 5.69 Å². The van der Waals surface area contributed by atoms with Crippen LogP contribution in [0.25, 0.3) is 0 Å². The highest BCUT2D eigenvalue weighted by Crippen LogP contribution is 2.20. The van der Waals surface area contributed by atoms with E-state index in [-0.39, 0.29) is 17.1 Å². The molecule has 0 saturated heterocycles. The first-order valence-corrected chi connectivity index (χ1v) is 6.95. The second kappa shape index (κ2) is 6.30. The Labute approximate surface area is 110 Å². The first kappa shape index (κ1) is 15.1. The summed E-state index contributed by atoms with van der Waals surface area (Å²) in [6.07, 6.45) is -0.727. The van der Waals surface area contributed by atoms with Crippen LogP contribution < -0.4 is 10.0 Å². The van der Waals surface area contributed by atoms with Crippen LogP contribution in [0.1, 0.15) is 13.3 Å². The summed E-state index contributed by atoms with van der Waals surface area (Å²) in [5, 5.41) is 10.8. The van der Waals surface area contributed by atoms with Crippen LogP contribution in [0.2, 0.25) is 0 Å². The van der Waals surface area contributed by atoms with Gasteiger partial charge in [-0.15, -0.1) is 0 Å². The smallest absolute Gasteiger partial charge is 0.312 e. The van der Waals surface area contributed by atoms with Gasteiger partial charge in [-0.25, -0.2) is 13.1 Å². The zero-order valence-corrected chi connectivity index (χ0v) is 11.0. The predicted octanol–water partition coefficient (Wildman–Crippen LogP) is 0.398. The highest BCUT2D eigenvalue weighted by atomic mass is 32.2. The first-order chi connectivity index (χ1) is 8.86. The Morgan fingerprint density at radius 2 is 1.89 bits per heavy atom. The van der Waals surface area contributed by atoms with Gasteiger partial charge < -0.3 is 10.4 Å². The van der Waals surface area contributed by atoms with Crippen molar-refractivity contribution in [1.82, 2.24) is 4.72 Å². The molecule has 0 saturated carbocycles. The largest absolute Gasteiger partial charge is 0.481 e. The molecular formula is C11H14N2O5S. The molecule has 0 bridgehead atoms. The molecule has 8 heteroatoms. The summed E-state index contributed by atoms with van der Waals surface area (Å²) in [6.45, 7) is 1.84. The van der Waals surface area contributed by atoms with Gasteiger partial charge in [-0.2, -0.15) is 0 Å². The maximum atomic E-state index is 11.9. The third-order valence-electron chi connectivity index (χ3n) is 2.10. The summed E-state index contributed by atoms with van der Waals surface area (Å²) in [4.78, 5) is 21.6. The molecule has 19 heavy (non-hydrogen) atoms. The average Bonchev–Trinajstić information content (AvgIpc) is 2.28. The lowest BCUT2D eigenvalue weighted by atomic mass is 10.3. The molecule has 0 aliphatic rings. The van der Waals surface area contributed by atoms with Crippen LogP contribution in [0, 0.1) is 0 Å². The first-order valence-electron chi connectivity index (χ1n) is 5.47. The van der Waals surface area contributed by atoms with Gasteiger partial charge in [0.15, 0.2) is 0 Å². The van der Waals surface area contributed by atoms with E-state index in [1.807, 2.05) is 0 Å². The number of carbonyl (C=O) groups is 2. The molecule has 0 atom stereocenters. The lowest BCUT2D eigenvalue weighted by molar-refractivity contribution is -0.139. The molecule has 104 valence electrons. The number of nitrogens with one attached hydrogen (secondary N) is 2. The van der Waals surface area contributed by atoms with E-state index in [1.165, 1.54) is 18.2 Å². The van der Waals surface area contributed by atoms with E-state index in [0.717, 1.165) is 0 Å². The monoisotopic (exact) mass is 286 g/mol. The maximum absolute atomic E-state index is 11.9. The van der Waals surface area contributed by atoms with E-state index in [0.29, 0.717) is 0 Å². The third-order valence-corrected chi connectivity index (χ3v) is 3.70. The Hall–Kier alpha value is -1.93. The zero-order valence-electron chi connectivity index (χ0n) is 10.2. The number of hydrogen-bond acceptors (Lipinski definition) is 4. The molecule has 0 spiro atoms. The topological polar surface area (TPSA) is 113 Å². The number of carboxylic acid groups (broad SMARTS) is 1. The summed E-state index contributed by atoms with van der Waals surface area (Å²) in [5.74, 6) is -2.07. The van der Waals surface area contributed by atoms with Gasteiger partial charge in [0.2, 0.25) is 15.9 Å². The molecule has 0 aliphatic carbocycles. The fraction of sp³-hybridized carbons (Fsp3) is 0.273. The number of para-hydroxylation sites is 1. The number of anilines is 1. The minimum Gasteiger partial charge on any atom is -0.481 e. The number of carboxylic acids is 1. The number of hydrogen-bond donors (Lipinski definition) is 3. The van der Waals surface area contributed by atoms with Crippen LogP contribution in [0.3, 0.4) is 0 Å². The van der Waals surface area contributed by atoms with Gasteiger partial charge in [0.05, 0.1) is 5.69 Å². The van der Waals surface area contributed by atoms with Crippen LogP contribution in [0.15, 0.2) is 29.2 Å². The third kappa shape index (κ3) is 4.34. The molecule has 0 radical (unpaired) electrons. The van der Waals surface area contributed by atoms with Gasteiger partial charge in [0.25, 0.3) is 0 Å². The normalized spacial score (nSPS) is 11.0. The van der Waals surface area contributed by atoms with Gasteiger partial charge >= 0.3 is 5.97 Å². The van der Waals surface area contributed by atoms with Crippen molar-refractivity contribution in [3.63, 3.8) is 0 Å². The van der Waals surface area contributed by atoms with Gasteiger partial charge in [-0.3, -0.25) is 9.59 Å². The van der Waals surface area contributed by atoms with Gasteiger partial charge in [-0.05, 0) is 12.1 Å². The Balaban J connectivity index is 3.03. The van der Waals surface area contributed by atoms with E-state index in [1.54, 1.807) is 13.0 Å². The molecule has 0 heterocycles. The van der Waals surface area contributed by atoms with E-state index < -0.39 is 28.3 Å². The summed E-state index contributed by atoms with van der Waals surface area (Å²) in [6, 6.07) is 5.77. The second-order valence-electron chi connectivity index (χ2n) is 3.62. The SMILES string of the molecule is CCNS(=O)(=O)c1ccccc1NC(=O)CC(=O)O. The summed E-state index contributed by atoms with van der Waals surface area (Å²) >= 11 is 0. The summed E-state index contributed by atoms with van der Waals surface area (Å²) < 4.78 is 26.1. The van der Waals surface area contributed by atoms with Crippen molar-refractivity contribution in [2.24, 2.45) is 0 Å². The lowest BCUT2D eigenvalue weighted by Crippen LogP contribution is -2.25. The van der Waals surface area contributed by atoms with Gasteiger partial charge in [-0.1, -0.05) is 19.1 Å². The molecular weight excluding hydrogens is 272 g/mol. The number of aliphatic carboxylic acids is 1. The average molecular weight is 286 g/mol. The fourth-order valence-corrected chi connectivity index (χ4v) is 2.61. The fourth-order valence-electron chi connectivity index (χ4n) is 1.40. The summed E-state index contributed by atoms with van der Waals surface area (Å²) in [7, 11) is -3.73. The second-order valence-corrected chi connectivity index (χ2v) is 5.35. The van der Waals surface area contributed by atoms with Crippen molar-refractivity contribution in [3.8, 4) is 0 Å². The van der Waals surface area contributed by atoms with Crippen molar-refractivity contribution in [3.05, 3.63) is 24.3 Å². The van der Waals surface area contributed by atoms with Crippen LogP contribution >= 0.6 is 0 Å². The number of sulfonamides is 1. The number of benzene rings is 1. The maximum Gasteiger partial charge on any atom is 0.312 e. The molecule has 1 aromatic carbocycles. The molecule has 3 N–H and O–H groups in total. The summed E-state index contributed by atoms with van der Waals surface area (Å²) in [5.41, 5.74) is 0.0506. The Morgan fingerprint density at radius 3 is 2.47 bits per heavy atom. The van der Waals surface area contributed by atoms with Crippen LogP contribution in [0.5, 0.6) is 0 Å². The Kier molecular flexibility index (Phi) is 5.02. The van der Waals surface area contributed by atoms with Gasteiger partial charge in [0.1, 0.15) is 11.3 Å². The van der Waals surface area contributed by atoms with Crippen molar-refractivity contribution in [2.45, 2.75) is 18.2 Å². The molecule has 1 amide bonds. The number of rotatable bonds is 6. The number of carbonyl (C=O) groups excluding carboxylic acids is 1. The molecule has 1 rings (SSSR count). The molecule has 0 fully saturated rings. The minimum atomic E-state index is -3.73. The highest BCUT2D eigenvalue weighted by Gasteiger charge is 2.18. The quantitative estimate of drug-likeness (QED) is 0.655. The van der Waals surface area contributed by atoms with Crippen molar-refractivity contribution < 1.29 is 23.1 Å². The van der Waals surface area contributed by atoms with E-state index in [4.69, 9.17) is 5.11 Å². The predicted molar refractivity (Wildman–Crippen MR) is 68.2 cm³/mol. The van der Waals surface area contributed by atoms with Crippen LogP contribution in [-0.4, -0.2) is 31.9 Å².